The van der Waals surface area contributed by atoms with E-state index in [1.54, 1.807) is 0 Å². The highest BCUT2D eigenvalue weighted by molar-refractivity contribution is 8.00. The van der Waals surface area contributed by atoms with Gasteiger partial charge in [0.25, 0.3) is 0 Å². The van der Waals surface area contributed by atoms with E-state index in [1.807, 2.05) is 37.3 Å². The van der Waals surface area contributed by atoms with Crippen molar-refractivity contribution >= 4 is 40.0 Å². The summed E-state index contributed by atoms with van der Waals surface area (Å²) in [6.45, 7) is 1.88. The van der Waals surface area contributed by atoms with Crippen LogP contribution in [-0.4, -0.2) is 24.2 Å². The molecule has 0 aliphatic heterocycles. The van der Waals surface area contributed by atoms with Gasteiger partial charge in [-0.1, -0.05) is 31.0 Å². The van der Waals surface area contributed by atoms with Crippen LogP contribution < -0.4 is 5.32 Å². The number of methoxy groups -OCH3 is 1. The highest BCUT2D eigenvalue weighted by atomic mass is 32.2. The molecule has 1 aromatic heterocycles. The molecular weight excluding hydrogens is 378 g/mol. The van der Waals surface area contributed by atoms with Crippen molar-refractivity contribution in [2.45, 2.75) is 55.6 Å². The fraction of sp³-hybridized carbons (Fsp3) is 0.429. The van der Waals surface area contributed by atoms with Gasteiger partial charge in [-0.2, -0.15) is 0 Å². The minimum absolute atomic E-state index is 0.0942. The molecule has 1 amide bonds. The lowest BCUT2D eigenvalue weighted by molar-refractivity contribution is -0.115. The summed E-state index contributed by atoms with van der Waals surface area (Å²) in [6, 6.07) is 9.86. The Bertz CT molecular complexity index is 801. The molecule has 3 rings (SSSR count). The predicted octanol–water partition coefficient (Wildman–Crippen LogP) is 5.31. The van der Waals surface area contributed by atoms with Gasteiger partial charge in [0, 0.05) is 9.77 Å². The number of anilines is 1. The number of rotatable bonds is 5. The summed E-state index contributed by atoms with van der Waals surface area (Å²) in [6.07, 6.45) is 6.44. The summed E-state index contributed by atoms with van der Waals surface area (Å²) in [5.74, 6) is -0.449. The van der Waals surface area contributed by atoms with Gasteiger partial charge in [0.2, 0.25) is 5.91 Å². The Morgan fingerprint density at radius 2 is 1.81 bits per heavy atom. The molecule has 0 fully saturated rings. The normalized spacial score (nSPS) is 15.2. The quantitative estimate of drug-likeness (QED) is 0.543. The van der Waals surface area contributed by atoms with Crippen LogP contribution in [0.3, 0.4) is 0 Å². The van der Waals surface area contributed by atoms with Gasteiger partial charge < -0.3 is 10.1 Å². The maximum absolute atomic E-state index is 12.8. The zero-order valence-electron chi connectivity index (χ0n) is 15.7. The Morgan fingerprint density at radius 1 is 1.11 bits per heavy atom. The summed E-state index contributed by atoms with van der Waals surface area (Å²) >= 11 is 3.05. The van der Waals surface area contributed by atoms with Gasteiger partial charge in [-0.15, -0.1) is 23.1 Å². The van der Waals surface area contributed by atoms with Gasteiger partial charge >= 0.3 is 5.97 Å². The number of nitrogens with one attached hydrogen (secondary N) is 1. The second kappa shape index (κ2) is 9.42. The average molecular weight is 404 g/mol. The molecule has 0 spiro atoms. The first kappa shape index (κ1) is 20.0. The first-order valence-corrected chi connectivity index (χ1v) is 11.0. The van der Waals surface area contributed by atoms with E-state index < -0.39 is 0 Å². The number of amides is 1. The number of fused-ring (bicyclic) bond motifs is 1. The molecule has 0 saturated carbocycles. The molecule has 1 N–H and O–H groups in total. The van der Waals surface area contributed by atoms with Crippen LogP contribution in [0.5, 0.6) is 0 Å². The van der Waals surface area contributed by atoms with Gasteiger partial charge in [0.1, 0.15) is 5.00 Å². The Balaban J connectivity index is 1.81. The maximum Gasteiger partial charge on any atom is 0.341 e. The smallest absolute Gasteiger partial charge is 0.341 e. The number of ether oxygens (including phenoxy) is 1. The van der Waals surface area contributed by atoms with Crippen molar-refractivity contribution in [3.8, 4) is 0 Å². The molecule has 0 bridgehead atoms. The van der Waals surface area contributed by atoms with Crippen molar-refractivity contribution in [1.29, 1.82) is 0 Å². The highest BCUT2D eigenvalue weighted by Gasteiger charge is 2.27. The minimum atomic E-state index is -0.355. The third-order valence-electron chi connectivity index (χ3n) is 4.72. The lowest BCUT2D eigenvalue weighted by atomic mass is 9.96. The molecule has 1 unspecified atom stereocenters. The molecular formula is C21H25NO3S2. The van der Waals surface area contributed by atoms with Crippen LogP contribution in [0.15, 0.2) is 35.2 Å². The van der Waals surface area contributed by atoms with E-state index >= 15 is 0 Å². The lowest BCUT2D eigenvalue weighted by Gasteiger charge is -2.13. The summed E-state index contributed by atoms with van der Waals surface area (Å²) in [7, 11) is 1.40. The number of hydrogen-bond acceptors (Lipinski definition) is 5. The van der Waals surface area contributed by atoms with Crippen molar-refractivity contribution in [1.82, 2.24) is 0 Å². The van der Waals surface area contributed by atoms with Crippen molar-refractivity contribution in [3.63, 3.8) is 0 Å². The van der Waals surface area contributed by atoms with Crippen molar-refractivity contribution in [3.05, 3.63) is 46.3 Å². The van der Waals surface area contributed by atoms with E-state index in [1.165, 1.54) is 47.9 Å². The fourth-order valence-corrected chi connectivity index (χ4v) is 5.46. The van der Waals surface area contributed by atoms with Crippen LogP contribution in [-0.2, 0) is 22.4 Å². The minimum Gasteiger partial charge on any atom is -0.465 e. The van der Waals surface area contributed by atoms with Crippen LogP contribution in [0.25, 0.3) is 0 Å². The maximum atomic E-state index is 12.8. The predicted molar refractivity (Wildman–Crippen MR) is 112 cm³/mol. The van der Waals surface area contributed by atoms with Crippen LogP contribution >= 0.6 is 23.1 Å². The van der Waals surface area contributed by atoms with E-state index in [9.17, 15) is 9.59 Å². The Morgan fingerprint density at radius 3 is 2.52 bits per heavy atom. The number of aryl methyl sites for hydroxylation is 1. The van der Waals surface area contributed by atoms with Gasteiger partial charge in [-0.05, 0) is 50.3 Å². The molecule has 1 aliphatic rings. The summed E-state index contributed by atoms with van der Waals surface area (Å²) in [4.78, 5) is 27.5. The van der Waals surface area contributed by atoms with E-state index in [-0.39, 0.29) is 17.1 Å². The number of carbonyl (C=O) groups is 2. The molecule has 1 atom stereocenters. The summed E-state index contributed by atoms with van der Waals surface area (Å²) in [5, 5.41) is 3.38. The van der Waals surface area contributed by atoms with Crippen LogP contribution in [0.2, 0.25) is 0 Å². The topological polar surface area (TPSA) is 55.4 Å². The average Bonchev–Trinajstić information content (AvgIpc) is 2.98. The van der Waals surface area contributed by atoms with E-state index in [4.69, 9.17) is 4.74 Å². The van der Waals surface area contributed by atoms with Gasteiger partial charge in [0.05, 0.1) is 17.9 Å². The number of hydrogen-bond donors (Lipinski definition) is 1. The third kappa shape index (κ3) is 4.93. The van der Waals surface area contributed by atoms with Crippen molar-refractivity contribution in [2.24, 2.45) is 0 Å². The fourth-order valence-electron chi connectivity index (χ4n) is 3.30. The van der Waals surface area contributed by atoms with E-state index in [2.05, 4.69) is 5.32 Å². The molecule has 6 heteroatoms. The van der Waals surface area contributed by atoms with Crippen LogP contribution in [0.4, 0.5) is 5.00 Å². The second-order valence-corrected chi connectivity index (χ2v) is 9.20. The summed E-state index contributed by atoms with van der Waals surface area (Å²) < 4.78 is 5.02. The number of benzene rings is 1. The molecule has 27 heavy (non-hydrogen) atoms. The zero-order chi connectivity index (χ0) is 19.2. The Kier molecular flexibility index (Phi) is 6.96. The Hall–Kier alpha value is -1.79. The molecule has 144 valence electrons. The van der Waals surface area contributed by atoms with Gasteiger partial charge in [0.15, 0.2) is 0 Å². The first-order valence-electron chi connectivity index (χ1n) is 9.35. The van der Waals surface area contributed by atoms with Crippen LogP contribution in [0, 0.1) is 0 Å². The SMILES string of the molecule is COC(=O)c1c(NC(=O)C(C)Sc2ccccc2)sc2c1CCCCCC2. The Labute approximate surface area is 168 Å². The molecule has 4 nitrogen and oxygen atoms in total. The van der Waals surface area contributed by atoms with Crippen LogP contribution in [0.1, 0.15) is 53.4 Å². The molecule has 1 aromatic carbocycles. The molecule has 0 radical (unpaired) electrons. The van der Waals surface area contributed by atoms with Gasteiger partial charge in [-0.3, -0.25) is 4.79 Å². The largest absolute Gasteiger partial charge is 0.465 e. The number of thioether (sulfide) groups is 1. The second-order valence-electron chi connectivity index (χ2n) is 6.68. The standard InChI is InChI=1S/C21H25NO3S2/c1-14(26-15-10-6-5-7-11-15)19(23)22-20-18(21(24)25-2)16-12-8-3-4-9-13-17(16)27-20/h5-7,10-11,14H,3-4,8-9,12-13H2,1-2H3,(H,22,23). The van der Waals surface area contributed by atoms with Gasteiger partial charge in [-0.25, -0.2) is 4.79 Å². The highest BCUT2D eigenvalue weighted by Crippen LogP contribution is 2.38. The molecule has 2 aromatic rings. The molecule has 1 aliphatic carbocycles. The first-order chi connectivity index (χ1) is 13.1. The zero-order valence-corrected chi connectivity index (χ0v) is 17.4. The number of carbonyl (C=O) groups excluding carboxylic acids is 2. The molecule has 1 heterocycles. The van der Waals surface area contributed by atoms with E-state index in [0.29, 0.717) is 10.6 Å². The summed E-state index contributed by atoms with van der Waals surface area (Å²) in [5.41, 5.74) is 1.63. The molecule has 0 saturated heterocycles. The number of esters is 1. The van der Waals surface area contributed by atoms with E-state index in [0.717, 1.165) is 36.1 Å². The third-order valence-corrected chi connectivity index (χ3v) is 7.04. The van der Waals surface area contributed by atoms with Crippen molar-refractivity contribution < 1.29 is 14.3 Å². The lowest BCUT2D eigenvalue weighted by Crippen LogP contribution is -2.23. The van der Waals surface area contributed by atoms with Crippen molar-refractivity contribution in [2.75, 3.05) is 12.4 Å². The monoisotopic (exact) mass is 403 g/mol. The number of thiophene rings is 1.